The molecule has 6 N–H and O–H groups in total. The second-order valence-corrected chi connectivity index (χ2v) is 3.91. The van der Waals surface area contributed by atoms with Crippen molar-refractivity contribution >= 4 is 14.1 Å². The summed E-state index contributed by atoms with van der Waals surface area (Å²) in [6.45, 7) is 7.07. The maximum absolute atomic E-state index is 9.49. The summed E-state index contributed by atoms with van der Waals surface area (Å²) in [5, 5.41) is 19.0. The molecule has 0 saturated carbocycles. The van der Waals surface area contributed by atoms with Crippen molar-refractivity contribution < 1.29 is 10.0 Å². The first-order chi connectivity index (χ1) is 7.52. The molecular weight excluding hydrogens is 206 g/mol. The maximum Gasteiger partial charge on any atom is 0.376 e. The molecule has 0 heterocycles. The zero-order valence-electron chi connectivity index (χ0n) is 10.3. The molecule has 16 heavy (non-hydrogen) atoms. The molecule has 0 aliphatic carbocycles. The van der Waals surface area contributed by atoms with Crippen LogP contribution in [0.2, 0.25) is 13.6 Å². The molecule has 0 aromatic rings. The number of nitrogens with two attached hydrogens (primary N) is 2. The second-order valence-electron chi connectivity index (χ2n) is 3.91. The molecule has 0 aliphatic rings. The van der Waals surface area contributed by atoms with E-state index in [0.29, 0.717) is 39.3 Å². The SMILES string of the molecule is CB(O)N(CCN)CCN(CCN)B(C)O. The average Bonchev–Trinajstić information content (AvgIpc) is 2.21. The van der Waals surface area contributed by atoms with Crippen LogP contribution >= 0.6 is 0 Å². The molecule has 0 fully saturated rings. The number of hydrogen-bond acceptors (Lipinski definition) is 6. The van der Waals surface area contributed by atoms with E-state index in [2.05, 4.69) is 0 Å². The highest BCUT2D eigenvalue weighted by Gasteiger charge is 2.19. The summed E-state index contributed by atoms with van der Waals surface area (Å²) in [5.41, 5.74) is 10.9. The molecule has 8 heteroatoms. The molecule has 6 nitrogen and oxygen atoms in total. The van der Waals surface area contributed by atoms with Crippen LogP contribution in [-0.2, 0) is 0 Å². The summed E-state index contributed by atoms with van der Waals surface area (Å²) in [7, 11) is -1.03. The molecule has 0 unspecified atom stereocenters. The molecule has 0 aromatic heterocycles. The van der Waals surface area contributed by atoms with Crippen LogP contribution in [0.15, 0.2) is 0 Å². The summed E-state index contributed by atoms with van der Waals surface area (Å²) in [6.07, 6.45) is 0. The lowest BCUT2D eigenvalue weighted by Crippen LogP contribution is -2.48. The van der Waals surface area contributed by atoms with E-state index in [9.17, 15) is 10.0 Å². The fourth-order valence-electron chi connectivity index (χ4n) is 1.56. The van der Waals surface area contributed by atoms with Gasteiger partial charge in [-0.05, 0) is 13.6 Å². The van der Waals surface area contributed by atoms with Crippen LogP contribution in [0.3, 0.4) is 0 Å². The third-order valence-electron chi connectivity index (χ3n) is 2.56. The first-order valence-electron chi connectivity index (χ1n) is 5.77. The third kappa shape index (κ3) is 6.47. The van der Waals surface area contributed by atoms with Gasteiger partial charge < -0.3 is 31.1 Å². The Morgan fingerprint density at radius 1 is 0.812 bits per heavy atom. The van der Waals surface area contributed by atoms with Gasteiger partial charge in [-0.1, -0.05) is 0 Å². The monoisotopic (exact) mass is 230 g/mol. The molecule has 0 aliphatic heterocycles. The van der Waals surface area contributed by atoms with Crippen molar-refractivity contribution in [3.8, 4) is 0 Å². The summed E-state index contributed by atoms with van der Waals surface area (Å²) < 4.78 is 0. The van der Waals surface area contributed by atoms with Gasteiger partial charge in [-0.15, -0.1) is 0 Å². The van der Waals surface area contributed by atoms with Crippen LogP contribution in [0.25, 0.3) is 0 Å². The Bertz CT molecular complexity index is 156. The highest BCUT2D eigenvalue weighted by Crippen LogP contribution is 1.96. The van der Waals surface area contributed by atoms with Crippen LogP contribution in [0.4, 0.5) is 0 Å². The minimum absolute atomic E-state index is 0.510. The Morgan fingerprint density at radius 2 is 1.12 bits per heavy atom. The number of rotatable bonds is 9. The van der Waals surface area contributed by atoms with Crippen molar-refractivity contribution in [3.05, 3.63) is 0 Å². The van der Waals surface area contributed by atoms with Gasteiger partial charge in [-0.25, -0.2) is 0 Å². The Hall–Kier alpha value is -0.110. The van der Waals surface area contributed by atoms with Gasteiger partial charge in [-0.3, -0.25) is 0 Å². The van der Waals surface area contributed by atoms with Gasteiger partial charge in [0.1, 0.15) is 0 Å². The van der Waals surface area contributed by atoms with Gasteiger partial charge in [0, 0.05) is 39.3 Å². The zero-order chi connectivity index (χ0) is 12.6. The van der Waals surface area contributed by atoms with Crippen LogP contribution in [0.5, 0.6) is 0 Å². The van der Waals surface area contributed by atoms with E-state index in [4.69, 9.17) is 11.5 Å². The fraction of sp³-hybridized carbons (Fsp3) is 1.00. The summed E-state index contributed by atoms with van der Waals surface area (Å²) in [4.78, 5) is 3.73. The molecule has 0 rings (SSSR count). The van der Waals surface area contributed by atoms with Crippen LogP contribution in [-0.4, -0.2) is 73.0 Å². The van der Waals surface area contributed by atoms with Crippen molar-refractivity contribution in [2.75, 3.05) is 39.3 Å². The molecule has 0 radical (unpaired) electrons. The topological polar surface area (TPSA) is 99.0 Å². The third-order valence-corrected chi connectivity index (χ3v) is 2.56. The Balaban J connectivity index is 4.04. The molecule has 0 bridgehead atoms. The fourth-order valence-corrected chi connectivity index (χ4v) is 1.56. The second kappa shape index (κ2) is 8.98. The smallest absolute Gasteiger partial charge is 0.376 e. The molecule has 0 amide bonds. The highest BCUT2D eigenvalue weighted by atomic mass is 16.2. The van der Waals surface area contributed by atoms with Crippen molar-refractivity contribution in [1.82, 2.24) is 9.62 Å². The van der Waals surface area contributed by atoms with Crippen LogP contribution < -0.4 is 11.5 Å². The Labute approximate surface area is 98.8 Å². The highest BCUT2D eigenvalue weighted by molar-refractivity contribution is 6.45. The average molecular weight is 230 g/mol. The first-order valence-corrected chi connectivity index (χ1v) is 5.77. The molecule has 94 valence electrons. The van der Waals surface area contributed by atoms with Gasteiger partial charge >= 0.3 is 14.1 Å². The predicted octanol–water partition coefficient (Wildman–Crippen LogP) is -2.27. The molecule has 0 saturated heterocycles. The van der Waals surface area contributed by atoms with Crippen LogP contribution in [0.1, 0.15) is 0 Å². The quantitative estimate of drug-likeness (QED) is 0.333. The zero-order valence-corrected chi connectivity index (χ0v) is 10.3. The minimum Gasteiger partial charge on any atom is -0.437 e. The lowest BCUT2D eigenvalue weighted by atomic mass is 9.83. The van der Waals surface area contributed by atoms with E-state index in [1.165, 1.54) is 0 Å². The van der Waals surface area contributed by atoms with E-state index in [1.54, 1.807) is 13.6 Å². The van der Waals surface area contributed by atoms with E-state index in [1.807, 2.05) is 9.62 Å². The summed E-state index contributed by atoms with van der Waals surface area (Å²) >= 11 is 0. The molecule has 0 spiro atoms. The van der Waals surface area contributed by atoms with Gasteiger partial charge in [0.05, 0.1) is 0 Å². The summed E-state index contributed by atoms with van der Waals surface area (Å²) in [5.74, 6) is 0. The van der Waals surface area contributed by atoms with E-state index < -0.39 is 14.1 Å². The largest absolute Gasteiger partial charge is 0.437 e. The number of hydrogen-bond donors (Lipinski definition) is 4. The number of nitrogens with zero attached hydrogens (tertiary/aromatic N) is 2. The van der Waals surface area contributed by atoms with E-state index in [0.717, 1.165) is 0 Å². The van der Waals surface area contributed by atoms with Crippen molar-refractivity contribution in [2.24, 2.45) is 11.5 Å². The minimum atomic E-state index is -0.516. The maximum atomic E-state index is 9.49. The predicted molar refractivity (Wildman–Crippen MR) is 68.9 cm³/mol. The molecular formula is C8H24B2N4O2. The van der Waals surface area contributed by atoms with Gasteiger partial charge in [-0.2, -0.15) is 0 Å². The van der Waals surface area contributed by atoms with Crippen molar-refractivity contribution in [3.63, 3.8) is 0 Å². The molecule has 0 aromatic carbocycles. The Kier molecular flexibility index (Phi) is 8.91. The van der Waals surface area contributed by atoms with Crippen molar-refractivity contribution in [2.45, 2.75) is 13.6 Å². The molecule has 0 atom stereocenters. The van der Waals surface area contributed by atoms with Gasteiger partial charge in [0.2, 0.25) is 0 Å². The van der Waals surface area contributed by atoms with Gasteiger partial charge in [0.15, 0.2) is 0 Å². The standard InChI is InChI=1S/C8H24B2N4O2/c1-9(15)13(5-3-11)7-8-14(6-4-12)10(2)16/h15-16H,3-8,11-12H2,1-2H3. The van der Waals surface area contributed by atoms with Gasteiger partial charge in [0.25, 0.3) is 0 Å². The van der Waals surface area contributed by atoms with Crippen LogP contribution in [0, 0.1) is 0 Å². The van der Waals surface area contributed by atoms with E-state index >= 15 is 0 Å². The van der Waals surface area contributed by atoms with Crippen molar-refractivity contribution in [1.29, 1.82) is 0 Å². The first kappa shape index (κ1) is 15.9. The van der Waals surface area contributed by atoms with E-state index in [-0.39, 0.29) is 0 Å². The Morgan fingerprint density at radius 3 is 1.31 bits per heavy atom. The normalized spacial score (nSPS) is 11.2. The lowest BCUT2D eigenvalue weighted by molar-refractivity contribution is 0.307. The summed E-state index contributed by atoms with van der Waals surface area (Å²) in [6, 6.07) is 0. The lowest BCUT2D eigenvalue weighted by Gasteiger charge is -2.28.